The molecule has 2 unspecified atom stereocenters. The number of benzene rings is 1. The molecule has 0 bridgehead atoms. The highest BCUT2D eigenvalue weighted by molar-refractivity contribution is 9.11. The molecule has 2 atom stereocenters. The number of rotatable bonds is 7. The summed E-state index contributed by atoms with van der Waals surface area (Å²) < 4.78 is 8.99. The van der Waals surface area contributed by atoms with Gasteiger partial charge < -0.3 is 10.1 Å². The molecule has 1 fully saturated rings. The predicted molar refractivity (Wildman–Crippen MR) is 99.1 cm³/mol. The molecule has 1 aliphatic rings. The summed E-state index contributed by atoms with van der Waals surface area (Å²) in [6.07, 6.45) is 6.32. The maximum Gasteiger partial charge on any atom is 0.147 e. The van der Waals surface area contributed by atoms with Crippen molar-refractivity contribution in [1.29, 1.82) is 0 Å². The Hall–Kier alpha value is 0.420. The van der Waals surface area contributed by atoms with Crippen molar-refractivity contribution < 1.29 is 4.74 Å². The molecule has 0 amide bonds. The van der Waals surface area contributed by atoms with Gasteiger partial charge in [0.1, 0.15) is 5.75 Å². The van der Waals surface area contributed by atoms with Crippen LogP contribution in [0.25, 0.3) is 0 Å². The van der Waals surface area contributed by atoms with Crippen LogP contribution in [0.15, 0.2) is 25.6 Å². The van der Waals surface area contributed by atoms with Crippen LogP contribution in [0.5, 0.6) is 5.75 Å². The maximum atomic E-state index is 5.99. The fraction of sp³-hybridized carbons (Fsp3) is 0.625. The molecule has 0 spiro atoms. The van der Waals surface area contributed by atoms with Gasteiger partial charge in [-0.05, 0) is 82.1 Å². The monoisotopic (exact) mass is 481 g/mol. The Bertz CT molecular complexity index is 444. The summed E-state index contributed by atoms with van der Waals surface area (Å²) in [6.45, 7) is 4.13. The second-order valence-corrected chi connectivity index (χ2v) is 8.21. The summed E-state index contributed by atoms with van der Waals surface area (Å²) in [7, 11) is 0. The molecule has 2 rings (SSSR count). The zero-order chi connectivity index (χ0) is 15.2. The standard InChI is InChI=1S/C16H22Br3NO/c1-2-7-20-15-5-3-4-11(15)6-8-21-16-13(18)9-12(17)10-14(16)19/h9-11,15,20H,2-8H2,1H3. The Morgan fingerprint density at radius 1 is 1.19 bits per heavy atom. The molecular weight excluding hydrogens is 462 g/mol. The molecule has 0 aliphatic heterocycles. The van der Waals surface area contributed by atoms with Crippen molar-refractivity contribution in [1.82, 2.24) is 5.32 Å². The second-order valence-electron chi connectivity index (χ2n) is 5.59. The Kier molecular flexibility index (Phi) is 7.53. The van der Waals surface area contributed by atoms with E-state index in [-0.39, 0.29) is 0 Å². The van der Waals surface area contributed by atoms with E-state index in [2.05, 4.69) is 60.0 Å². The van der Waals surface area contributed by atoms with Gasteiger partial charge in [0.2, 0.25) is 0 Å². The predicted octanol–water partition coefficient (Wildman–Crippen LogP) is 5.91. The molecule has 1 aromatic carbocycles. The molecule has 1 aromatic rings. The largest absolute Gasteiger partial charge is 0.491 e. The van der Waals surface area contributed by atoms with Gasteiger partial charge in [0.25, 0.3) is 0 Å². The summed E-state index contributed by atoms with van der Waals surface area (Å²) in [5, 5.41) is 3.68. The van der Waals surface area contributed by atoms with Crippen molar-refractivity contribution in [3.05, 3.63) is 25.6 Å². The van der Waals surface area contributed by atoms with E-state index in [1.807, 2.05) is 12.1 Å². The SMILES string of the molecule is CCCNC1CCCC1CCOc1c(Br)cc(Br)cc1Br. The van der Waals surface area contributed by atoms with Crippen LogP contribution in [0.3, 0.4) is 0 Å². The van der Waals surface area contributed by atoms with Gasteiger partial charge in [0.05, 0.1) is 15.6 Å². The van der Waals surface area contributed by atoms with E-state index in [0.29, 0.717) is 6.04 Å². The van der Waals surface area contributed by atoms with Crippen molar-refractivity contribution in [3.63, 3.8) is 0 Å². The fourth-order valence-corrected chi connectivity index (χ4v) is 5.45. The Labute approximate surface area is 152 Å². The van der Waals surface area contributed by atoms with E-state index in [4.69, 9.17) is 4.74 Å². The first-order chi connectivity index (χ1) is 10.1. The van der Waals surface area contributed by atoms with Crippen molar-refractivity contribution in [2.24, 2.45) is 5.92 Å². The van der Waals surface area contributed by atoms with Gasteiger partial charge in [-0.2, -0.15) is 0 Å². The van der Waals surface area contributed by atoms with Crippen molar-refractivity contribution in [2.75, 3.05) is 13.2 Å². The highest BCUT2D eigenvalue weighted by Crippen LogP contribution is 2.37. The van der Waals surface area contributed by atoms with Gasteiger partial charge in [-0.3, -0.25) is 0 Å². The lowest BCUT2D eigenvalue weighted by molar-refractivity contribution is 0.258. The maximum absolute atomic E-state index is 5.99. The summed E-state index contributed by atoms with van der Waals surface area (Å²) in [4.78, 5) is 0. The van der Waals surface area contributed by atoms with E-state index in [0.717, 1.165) is 44.7 Å². The summed E-state index contributed by atoms with van der Waals surface area (Å²) in [5.41, 5.74) is 0. The Morgan fingerprint density at radius 2 is 1.90 bits per heavy atom. The third kappa shape index (κ3) is 5.22. The molecule has 2 nitrogen and oxygen atoms in total. The third-order valence-electron chi connectivity index (χ3n) is 4.01. The quantitative estimate of drug-likeness (QED) is 0.520. The molecule has 1 N–H and O–H groups in total. The number of hydrogen-bond donors (Lipinski definition) is 1. The normalized spacial score (nSPS) is 21.7. The summed E-state index contributed by atoms with van der Waals surface area (Å²) in [6, 6.07) is 4.72. The van der Waals surface area contributed by atoms with Crippen LogP contribution in [0.2, 0.25) is 0 Å². The molecule has 1 aliphatic carbocycles. The van der Waals surface area contributed by atoms with Crippen LogP contribution in [0.4, 0.5) is 0 Å². The minimum absolute atomic E-state index is 0.686. The van der Waals surface area contributed by atoms with Gasteiger partial charge in [-0.25, -0.2) is 0 Å². The van der Waals surface area contributed by atoms with Crippen molar-refractivity contribution in [3.8, 4) is 5.75 Å². The van der Waals surface area contributed by atoms with Crippen LogP contribution in [0.1, 0.15) is 39.0 Å². The second kappa shape index (κ2) is 8.90. The first-order valence-corrected chi connectivity index (χ1v) is 10.0. The first kappa shape index (κ1) is 17.8. The van der Waals surface area contributed by atoms with Crippen LogP contribution in [-0.2, 0) is 0 Å². The highest BCUT2D eigenvalue weighted by Gasteiger charge is 2.26. The van der Waals surface area contributed by atoms with E-state index in [1.165, 1.54) is 25.7 Å². The number of hydrogen-bond acceptors (Lipinski definition) is 2. The molecule has 0 aromatic heterocycles. The van der Waals surface area contributed by atoms with Gasteiger partial charge in [0, 0.05) is 10.5 Å². The lowest BCUT2D eigenvalue weighted by atomic mass is 10.00. The number of halogens is 3. The van der Waals surface area contributed by atoms with Crippen LogP contribution < -0.4 is 10.1 Å². The van der Waals surface area contributed by atoms with Gasteiger partial charge in [-0.1, -0.05) is 29.3 Å². The van der Waals surface area contributed by atoms with E-state index < -0.39 is 0 Å². The molecule has 21 heavy (non-hydrogen) atoms. The van der Waals surface area contributed by atoms with Gasteiger partial charge >= 0.3 is 0 Å². The van der Waals surface area contributed by atoms with Crippen molar-refractivity contribution >= 4 is 47.8 Å². The third-order valence-corrected chi connectivity index (χ3v) is 5.65. The topological polar surface area (TPSA) is 21.3 Å². The molecule has 0 saturated heterocycles. The summed E-state index contributed by atoms with van der Waals surface area (Å²) in [5.74, 6) is 1.65. The molecule has 0 radical (unpaired) electrons. The number of nitrogens with one attached hydrogen (secondary N) is 1. The van der Waals surface area contributed by atoms with Crippen LogP contribution in [0, 0.1) is 5.92 Å². The molecule has 0 heterocycles. The zero-order valence-electron chi connectivity index (χ0n) is 12.3. The first-order valence-electron chi connectivity index (χ1n) is 7.62. The average molecular weight is 484 g/mol. The average Bonchev–Trinajstić information content (AvgIpc) is 2.86. The van der Waals surface area contributed by atoms with Gasteiger partial charge in [0.15, 0.2) is 0 Å². The minimum Gasteiger partial charge on any atom is -0.491 e. The Morgan fingerprint density at radius 3 is 2.57 bits per heavy atom. The zero-order valence-corrected chi connectivity index (χ0v) is 17.1. The number of ether oxygens (including phenoxy) is 1. The van der Waals surface area contributed by atoms with Crippen LogP contribution in [-0.4, -0.2) is 19.2 Å². The van der Waals surface area contributed by atoms with Crippen LogP contribution >= 0.6 is 47.8 Å². The lowest BCUT2D eigenvalue weighted by Crippen LogP contribution is -2.33. The molecular formula is C16H22Br3NO. The summed E-state index contributed by atoms with van der Waals surface area (Å²) >= 11 is 10.6. The molecule has 1 saturated carbocycles. The lowest BCUT2D eigenvalue weighted by Gasteiger charge is -2.21. The highest BCUT2D eigenvalue weighted by atomic mass is 79.9. The van der Waals surface area contributed by atoms with E-state index >= 15 is 0 Å². The Balaban J connectivity index is 1.84. The van der Waals surface area contributed by atoms with E-state index in [1.54, 1.807) is 0 Å². The molecule has 118 valence electrons. The van der Waals surface area contributed by atoms with Crippen molar-refractivity contribution in [2.45, 2.75) is 45.1 Å². The van der Waals surface area contributed by atoms with Gasteiger partial charge in [-0.15, -0.1) is 0 Å². The van der Waals surface area contributed by atoms with E-state index in [9.17, 15) is 0 Å². The smallest absolute Gasteiger partial charge is 0.147 e. The minimum atomic E-state index is 0.686. The fourth-order valence-electron chi connectivity index (χ4n) is 2.96. The molecule has 5 heteroatoms.